The molecule has 0 radical (unpaired) electrons. The second-order valence-electron chi connectivity index (χ2n) is 4.48. The van der Waals surface area contributed by atoms with Crippen LogP contribution in [0.4, 0.5) is 0 Å². The van der Waals surface area contributed by atoms with E-state index in [1.165, 1.54) is 0 Å². The number of aryl methyl sites for hydroxylation is 2. The Morgan fingerprint density at radius 3 is 2.53 bits per heavy atom. The maximum absolute atomic E-state index is 9.75. The molecule has 0 aliphatic heterocycles. The quantitative estimate of drug-likeness (QED) is 0.770. The average molecular weight is 212 g/mol. The van der Waals surface area contributed by atoms with E-state index < -0.39 is 11.7 Å². The summed E-state index contributed by atoms with van der Waals surface area (Å²) in [5, 5.41) is 23.7. The van der Waals surface area contributed by atoms with Crippen LogP contribution in [0.2, 0.25) is 0 Å². The molecule has 0 spiro atoms. The molecule has 4 nitrogen and oxygen atoms in total. The summed E-state index contributed by atoms with van der Waals surface area (Å²) in [6.07, 6.45) is 0.539. The third-order valence-corrected chi connectivity index (χ3v) is 2.61. The first kappa shape index (κ1) is 12.2. The van der Waals surface area contributed by atoms with Gasteiger partial charge in [-0.1, -0.05) is 6.92 Å². The van der Waals surface area contributed by atoms with Gasteiger partial charge in [0.2, 0.25) is 0 Å². The van der Waals surface area contributed by atoms with Crippen molar-refractivity contribution in [2.45, 2.75) is 45.3 Å². The standard InChI is InChI=1S/C11H20N2O2/c1-5-8-6-9(13(4)12-8)7-10(14)11(2,3)15/h6,10,14-15H,5,7H2,1-4H3. The SMILES string of the molecule is CCc1cc(CC(O)C(C)(C)O)n(C)n1. The van der Waals surface area contributed by atoms with Gasteiger partial charge in [0.1, 0.15) is 0 Å². The lowest BCUT2D eigenvalue weighted by Crippen LogP contribution is -2.37. The molecule has 0 saturated carbocycles. The summed E-state index contributed by atoms with van der Waals surface area (Å²) >= 11 is 0. The van der Waals surface area contributed by atoms with E-state index >= 15 is 0 Å². The van der Waals surface area contributed by atoms with E-state index in [4.69, 9.17) is 0 Å². The topological polar surface area (TPSA) is 58.3 Å². The summed E-state index contributed by atoms with van der Waals surface area (Å²) in [4.78, 5) is 0. The smallest absolute Gasteiger partial charge is 0.0876 e. The fraction of sp³-hybridized carbons (Fsp3) is 0.727. The van der Waals surface area contributed by atoms with Gasteiger partial charge < -0.3 is 10.2 Å². The number of hydrogen-bond acceptors (Lipinski definition) is 3. The average Bonchev–Trinajstić information content (AvgIpc) is 2.45. The molecule has 0 aromatic carbocycles. The fourth-order valence-electron chi connectivity index (χ4n) is 1.38. The number of aliphatic hydroxyl groups is 2. The van der Waals surface area contributed by atoms with Gasteiger partial charge in [0, 0.05) is 19.2 Å². The van der Waals surface area contributed by atoms with Crippen molar-refractivity contribution in [1.82, 2.24) is 9.78 Å². The zero-order valence-corrected chi connectivity index (χ0v) is 9.86. The molecule has 1 unspecified atom stereocenters. The maximum Gasteiger partial charge on any atom is 0.0876 e. The van der Waals surface area contributed by atoms with Gasteiger partial charge in [-0.05, 0) is 26.3 Å². The second kappa shape index (κ2) is 4.33. The van der Waals surface area contributed by atoms with Gasteiger partial charge in [0.05, 0.1) is 17.4 Å². The first-order valence-electron chi connectivity index (χ1n) is 5.26. The van der Waals surface area contributed by atoms with Crippen molar-refractivity contribution in [3.05, 3.63) is 17.5 Å². The molecule has 0 fully saturated rings. The lowest BCUT2D eigenvalue weighted by atomic mass is 9.97. The zero-order chi connectivity index (χ0) is 11.6. The Balaban J connectivity index is 2.76. The van der Waals surface area contributed by atoms with Gasteiger partial charge >= 0.3 is 0 Å². The molecule has 4 heteroatoms. The van der Waals surface area contributed by atoms with Gasteiger partial charge in [0.15, 0.2) is 0 Å². The highest BCUT2D eigenvalue weighted by Gasteiger charge is 2.25. The minimum atomic E-state index is -1.07. The van der Waals surface area contributed by atoms with Crippen LogP contribution in [0.15, 0.2) is 6.07 Å². The molecule has 1 atom stereocenters. The van der Waals surface area contributed by atoms with Crippen LogP contribution >= 0.6 is 0 Å². The van der Waals surface area contributed by atoms with Crippen molar-refractivity contribution in [1.29, 1.82) is 0 Å². The monoisotopic (exact) mass is 212 g/mol. The molecule has 86 valence electrons. The van der Waals surface area contributed by atoms with Crippen LogP contribution in [0.3, 0.4) is 0 Å². The van der Waals surface area contributed by atoms with E-state index in [1.54, 1.807) is 18.5 Å². The Morgan fingerprint density at radius 1 is 1.53 bits per heavy atom. The summed E-state index contributed by atoms with van der Waals surface area (Å²) in [5.41, 5.74) is 0.883. The molecular formula is C11H20N2O2. The predicted molar refractivity (Wildman–Crippen MR) is 58.6 cm³/mol. The Labute approximate surface area is 90.5 Å². The number of aromatic nitrogens is 2. The van der Waals surface area contributed by atoms with Crippen molar-refractivity contribution in [3.63, 3.8) is 0 Å². The van der Waals surface area contributed by atoms with Crippen LogP contribution in [-0.2, 0) is 19.9 Å². The fourth-order valence-corrected chi connectivity index (χ4v) is 1.38. The van der Waals surface area contributed by atoms with Crippen molar-refractivity contribution >= 4 is 0 Å². The highest BCUT2D eigenvalue weighted by atomic mass is 16.3. The minimum Gasteiger partial charge on any atom is -0.390 e. The van der Waals surface area contributed by atoms with E-state index in [-0.39, 0.29) is 0 Å². The van der Waals surface area contributed by atoms with Crippen LogP contribution in [0.1, 0.15) is 32.2 Å². The van der Waals surface area contributed by atoms with Gasteiger partial charge in [-0.15, -0.1) is 0 Å². The van der Waals surface area contributed by atoms with Gasteiger partial charge in [-0.25, -0.2) is 0 Å². The van der Waals surface area contributed by atoms with Crippen molar-refractivity contribution in [3.8, 4) is 0 Å². The normalized spacial score (nSPS) is 14.3. The van der Waals surface area contributed by atoms with E-state index in [0.717, 1.165) is 17.8 Å². The third kappa shape index (κ3) is 3.04. The zero-order valence-electron chi connectivity index (χ0n) is 9.86. The maximum atomic E-state index is 9.75. The summed E-state index contributed by atoms with van der Waals surface area (Å²) in [6, 6.07) is 1.97. The first-order valence-corrected chi connectivity index (χ1v) is 5.26. The molecule has 0 saturated heterocycles. The molecule has 1 aromatic heterocycles. The van der Waals surface area contributed by atoms with Gasteiger partial charge in [-0.3, -0.25) is 4.68 Å². The Hall–Kier alpha value is -0.870. The van der Waals surface area contributed by atoms with Crippen LogP contribution < -0.4 is 0 Å². The Bertz CT molecular complexity index is 326. The predicted octanol–water partition coefficient (Wildman–Crippen LogP) is 0.657. The summed E-state index contributed by atoms with van der Waals surface area (Å²) in [5.74, 6) is 0. The Kier molecular flexibility index (Phi) is 3.52. The molecule has 0 bridgehead atoms. The molecule has 2 N–H and O–H groups in total. The van der Waals surface area contributed by atoms with Crippen LogP contribution in [0, 0.1) is 0 Å². The molecule has 1 aromatic rings. The number of rotatable bonds is 4. The lowest BCUT2D eigenvalue weighted by Gasteiger charge is -2.24. The van der Waals surface area contributed by atoms with Crippen molar-refractivity contribution < 1.29 is 10.2 Å². The highest BCUT2D eigenvalue weighted by Crippen LogP contribution is 2.14. The minimum absolute atomic E-state index is 0.424. The van der Waals surface area contributed by atoms with Crippen molar-refractivity contribution in [2.24, 2.45) is 7.05 Å². The van der Waals surface area contributed by atoms with Crippen LogP contribution in [0.5, 0.6) is 0 Å². The highest BCUT2D eigenvalue weighted by molar-refractivity contribution is 5.11. The molecular weight excluding hydrogens is 192 g/mol. The summed E-state index contributed by atoms with van der Waals surface area (Å²) < 4.78 is 1.76. The van der Waals surface area contributed by atoms with Crippen molar-refractivity contribution in [2.75, 3.05) is 0 Å². The van der Waals surface area contributed by atoms with Crippen LogP contribution in [0.25, 0.3) is 0 Å². The second-order valence-corrected chi connectivity index (χ2v) is 4.48. The van der Waals surface area contributed by atoms with Gasteiger partial charge in [0.25, 0.3) is 0 Å². The van der Waals surface area contributed by atoms with Gasteiger partial charge in [-0.2, -0.15) is 5.10 Å². The molecule has 0 aliphatic rings. The van der Waals surface area contributed by atoms with Crippen LogP contribution in [-0.4, -0.2) is 31.7 Å². The summed E-state index contributed by atoms with van der Waals surface area (Å²) in [7, 11) is 1.85. The van der Waals surface area contributed by atoms with E-state index in [9.17, 15) is 10.2 Å². The first-order chi connectivity index (χ1) is 6.84. The summed E-state index contributed by atoms with van der Waals surface area (Å²) in [6.45, 7) is 5.25. The lowest BCUT2D eigenvalue weighted by molar-refractivity contribution is -0.0476. The number of hydrogen-bond donors (Lipinski definition) is 2. The third-order valence-electron chi connectivity index (χ3n) is 2.61. The molecule has 1 rings (SSSR count). The Morgan fingerprint density at radius 2 is 2.13 bits per heavy atom. The molecule has 15 heavy (non-hydrogen) atoms. The molecule has 1 heterocycles. The van der Waals surface area contributed by atoms with E-state index in [0.29, 0.717) is 6.42 Å². The number of aliphatic hydroxyl groups excluding tert-OH is 1. The number of nitrogens with zero attached hydrogens (tertiary/aromatic N) is 2. The molecule has 0 amide bonds. The van der Waals surface area contributed by atoms with E-state index in [2.05, 4.69) is 5.10 Å². The largest absolute Gasteiger partial charge is 0.390 e. The van der Waals surface area contributed by atoms with E-state index in [1.807, 2.05) is 20.0 Å². The molecule has 0 aliphatic carbocycles.